The summed E-state index contributed by atoms with van der Waals surface area (Å²) in [7, 11) is 0. The minimum absolute atomic E-state index is 0.370. The average Bonchev–Trinajstić information content (AvgIpc) is 2.50. The Morgan fingerprint density at radius 2 is 1.90 bits per heavy atom. The van der Waals surface area contributed by atoms with Crippen LogP contribution in [0, 0.1) is 13.8 Å². The van der Waals surface area contributed by atoms with Crippen LogP contribution < -0.4 is 4.74 Å². The van der Waals surface area contributed by atoms with Gasteiger partial charge in [-0.15, -0.1) is 0 Å². The summed E-state index contributed by atoms with van der Waals surface area (Å²) in [5.41, 5.74) is 3.05. The largest absolute Gasteiger partial charge is 0.415 e. The number of hydrogen-bond acceptors (Lipinski definition) is 5. The molecule has 0 bridgehead atoms. The molecule has 2 heterocycles. The zero-order chi connectivity index (χ0) is 14.8. The van der Waals surface area contributed by atoms with E-state index >= 15 is 0 Å². The van der Waals surface area contributed by atoms with Crippen LogP contribution in [0.15, 0.2) is 18.2 Å². The Morgan fingerprint density at radius 3 is 2.67 bits per heavy atom. The van der Waals surface area contributed by atoms with E-state index in [1.54, 1.807) is 11.0 Å². The summed E-state index contributed by atoms with van der Waals surface area (Å²) in [6.45, 7) is 5.99. The minimum Gasteiger partial charge on any atom is -0.408 e. The van der Waals surface area contributed by atoms with Gasteiger partial charge in [-0.1, -0.05) is 6.07 Å². The molecule has 0 atom stereocenters. The van der Waals surface area contributed by atoms with Crippen molar-refractivity contribution < 1.29 is 14.3 Å². The third-order valence-electron chi connectivity index (χ3n) is 3.54. The first-order valence-corrected chi connectivity index (χ1v) is 6.93. The summed E-state index contributed by atoms with van der Waals surface area (Å²) in [5.74, 6) is 0.444. The third kappa shape index (κ3) is 2.80. The van der Waals surface area contributed by atoms with Crippen molar-refractivity contribution in [2.45, 2.75) is 13.8 Å². The van der Waals surface area contributed by atoms with Crippen LogP contribution in [0.4, 0.5) is 4.79 Å². The molecule has 1 aliphatic heterocycles. The zero-order valence-corrected chi connectivity index (χ0v) is 12.1. The second kappa shape index (κ2) is 5.65. The minimum atomic E-state index is -0.370. The van der Waals surface area contributed by atoms with Gasteiger partial charge in [0.2, 0.25) is 0 Å². The van der Waals surface area contributed by atoms with Gasteiger partial charge in [0.05, 0.1) is 30.1 Å². The maximum absolute atomic E-state index is 12.2. The molecule has 0 unspecified atom stereocenters. The highest BCUT2D eigenvalue weighted by molar-refractivity contribution is 5.84. The number of rotatable bonds is 1. The van der Waals surface area contributed by atoms with E-state index in [0.717, 1.165) is 16.9 Å². The van der Waals surface area contributed by atoms with Crippen molar-refractivity contribution in [1.29, 1.82) is 0 Å². The van der Waals surface area contributed by atoms with Gasteiger partial charge in [0, 0.05) is 13.1 Å². The van der Waals surface area contributed by atoms with Gasteiger partial charge in [0.1, 0.15) is 5.52 Å². The van der Waals surface area contributed by atoms with Crippen LogP contribution in [0.1, 0.15) is 11.4 Å². The molecular weight excluding hydrogens is 270 g/mol. The Morgan fingerprint density at radius 1 is 1.19 bits per heavy atom. The first-order valence-electron chi connectivity index (χ1n) is 6.93. The predicted molar refractivity (Wildman–Crippen MR) is 77.4 cm³/mol. The highest BCUT2D eigenvalue weighted by Crippen LogP contribution is 2.24. The van der Waals surface area contributed by atoms with Gasteiger partial charge in [-0.3, -0.25) is 0 Å². The van der Waals surface area contributed by atoms with Crippen molar-refractivity contribution in [2.75, 3.05) is 26.3 Å². The standard InChI is InChI=1S/C15H17N3O3/c1-10-11(2)17-14-12(16-10)4-3-5-13(14)21-15(19)18-6-8-20-9-7-18/h3-5H,6-9H2,1-2H3. The molecule has 110 valence electrons. The number of para-hydroxylation sites is 1. The van der Waals surface area contributed by atoms with Crippen molar-refractivity contribution in [2.24, 2.45) is 0 Å². The molecule has 1 amide bonds. The number of aromatic nitrogens is 2. The number of morpholine rings is 1. The predicted octanol–water partition coefficient (Wildman–Crippen LogP) is 2.08. The number of nitrogens with zero attached hydrogens (tertiary/aromatic N) is 3. The molecule has 0 radical (unpaired) electrons. The van der Waals surface area contributed by atoms with E-state index in [0.29, 0.717) is 37.6 Å². The Kier molecular flexibility index (Phi) is 3.70. The summed E-state index contributed by atoms with van der Waals surface area (Å²) in [6.07, 6.45) is -0.370. The normalized spacial score (nSPS) is 15.2. The number of aryl methyl sites for hydroxylation is 2. The molecule has 0 N–H and O–H groups in total. The molecule has 0 aliphatic carbocycles. The molecule has 1 fully saturated rings. The molecule has 1 saturated heterocycles. The fourth-order valence-corrected chi connectivity index (χ4v) is 2.21. The topological polar surface area (TPSA) is 64.5 Å². The number of carbonyl (C=O) groups excluding carboxylic acids is 1. The van der Waals surface area contributed by atoms with E-state index in [9.17, 15) is 4.79 Å². The fourth-order valence-electron chi connectivity index (χ4n) is 2.21. The molecule has 1 aromatic heterocycles. The summed E-state index contributed by atoms with van der Waals surface area (Å²) in [4.78, 5) is 22.8. The summed E-state index contributed by atoms with van der Waals surface area (Å²) < 4.78 is 10.7. The number of fused-ring (bicyclic) bond motifs is 1. The zero-order valence-electron chi connectivity index (χ0n) is 12.1. The van der Waals surface area contributed by atoms with Crippen molar-refractivity contribution >= 4 is 17.1 Å². The first kappa shape index (κ1) is 13.8. The number of benzene rings is 1. The van der Waals surface area contributed by atoms with Crippen LogP contribution in [0.5, 0.6) is 5.75 Å². The molecule has 0 saturated carbocycles. The maximum Gasteiger partial charge on any atom is 0.415 e. The van der Waals surface area contributed by atoms with Crippen molar-refractivity contribution in [3.8, 4) is 5.75 Å². The molecular formula is C15H17N3O3. The molecule has 6 nitrogen and oxygen atoms in total. The monoisotopic (exact) mass is 287 g/mol. The molecule has 3 rings (SSSR count). The molecule has 1 aliphatic rings. The second-order valence-electron chi connectivity index (χ2n) is 4.99. The lowest BCUT2D eigenvalue weighted by Gasteiger charge is -2.25. The van der Waals surface area contributed by atoms with E-state index in [1.165, 1.54) is 0 Å². The lowest BCUT2D eigenvalue weighted by atomic mass is 10.2. The van der Waals surface area contributed by atoms with Crippen LogP contribution >= 0.6 is 0 Å². The number of amides is 1. The van der Waals surface area contributed by atoms with Crippen LogP contribution in [0.3, 0.4) is 0 Å². The second-order valence-corrected chi connectivity index (χ2v) is 4.99. The van der Waals surface area contributed by atoms with E-state index in [4.69, 9.17) is 9.47 Å². The number of carbonyl (C=O) groups is 1. The Bertz CT molecular complexity index is 681. The van der Waals surface area contributed by atoms with Gasteiger partial charge in [-0.25, -0.2) is 14.8 Å². The third-order valence-corrected chi connectivity index (χ3v) is 3.54. The Hall–Kier alpha value is -2.21. The molecule has 6 heteroatoms. The quantitative estimate of drug-likeness (QED) is 0.803. The van der Waals surface area contributed by atoms with Crippen LogP contribution in [-0.4, -0.2) is 47.3 Å². The lowest BCUT2D eigenvalue weighted by molar-refractivity contribution is 0.0417. The Balaban J connectivity index is 1.89. The highest BCUT2D eigenvalue weighted by Gasteiger charge is 2.20. The lowest BCUT2D eigenvalue weighted by Crippen LogP contribution is -2.42. The van der Waals surface area contributed by atoms with E-state index in [2.05, 4.69) is 9.97 Å². The van der Waals surface area contributed by atoms with Gasteiger partial charge in [-0.05, 0) is 26.0 Å². The summed E-state index contributed by atoms with van der Waals surface area (Å²) >= 11 is 0. The van der Waals surface area contributed by atoms with E-state index in [-0.39, 0.29) is 6.09 Å². The van der Waals surface area contributed by atoms with Gasteiger partial charge in [0.15, 0.2) is 5.75 Å². The Labute approximate surface area is 122 Å². The van der Waals surface area contributed by atoms with Crippen molar-refractivity contribution in [3.63, 3.8) is 0 Å². The van der Waals surface area contributed by atoms with Crippen LogP contribution in [-0.2, 0) is 4.74 Å². The molecule has 2 aromatic rings. The van der Waals surface area contributed by atoms with E-state index in [1.807, 2.05) is 26.0 Å². The van der Waals surface area contributed by atoms with Gasteiger partial charge in [-0.2, -0.15) is 0 Å². The molecule has 21 heavy (non-hydrogen) atoms. The van der Waals surface area contributed by atoms with Gasteiger partial charge >= 0.3 is 6.09 Å². The average molecular weight is 287 g/mol. The maximum atomic E-state index is 12.2. The van der Waals surface area contributed by atoms with Crippen LogP contribution in [0.25, 0.3) is 11.0 Å². The number of hydrogen-bond donors (Lipinski definition) is 0. The number of ether oxygens (including phenoxy) is 2. The SMILES string of the molecule is Cc1nc2cccc(OC(=O)N3CCOCC3)c2nc1C. The smallest absolute Gasteiger partial charge is 0.408 e. The summed E-state index contributed by atoms with van der Waals surface area (Å²) in [6, 6.07) is 5.42. The summed E-state index contributed by atoms with van der Waals surface area (Å²) in [5, 5.41) is 0. The van der Waals surface area contributed by atoms with Crippen LogP contribution in [0.2, 0.25) is 0 Å². The molecule has 1 aromatic carbocycles. The van der Waals surface area contributed by atoms with Crippen molar-refractivity contribution in [1.82, 2.24) is 14.9 Å². The van der Waals surface area contributed by atoms with Gasteiger partial charge < -0.3 is 14.4 Å². The van der Waals surface area contributed by atoms with E-state index < -0.39 is 0 Å². The fraction of sp³-hybridized carbons (Fsp3) is 0.400. The first-order chi connectivity index (χ1) is 10.1. The molecule has 0 spiro atoms. The highest BCUT2D eigenvalue weighted by atomic mass is 16.6. The van der Waals surface area contributed by atoms with Gasteiger partial charge in [0.25, 0.3) is 0 Å². The van der Waals surface area contributed by atoms with Crippen molar-refractivity contribution in [3.05, 3.63) is 29.6 Å².